The van der Waals surface area contributed by atoms with Gasteiger partial charge in [-0.05, 0) is 0 Å². The monoisotopic (exact) mass is 254 g/mol. The molecule has 4 N–H and O–H groups in total. The van der Waals surface area contributed by atoms with Gasteiger partial charge in [0.1, 0.15) is 24.4 Å². The van der Waals surface area contributed by atoms with Gasteiger partial charge in [-0.15, -0.1) is 0 Å². The lowest BCUT2D eigenvalue weighted by Gasteiger charge is -2.39. The van der Waals surface area contributed by atoms with E-state index >= 15 is 0 Å². The summed E-state index contributed by atoms with van der Waals surface area (Å²) in [5, 5.41) is 37.4. The molecule has 1 heterocycles. The van der Waals surface area contributed by atoms with Gasteiger partial charge >= 0.3 is 0 Å². The molecule has 0 saturated carbocycles. The number of aliphatic hydroxyl groups excluding tert-OH is 4. The summed E-state index contributed by atoms with van der Waals surface area (Å²) < 4.78 is 10.3. The Labute approximate surface area is 99.2 Å². The van der Waals surface area contributed by atoms with Crippen molar-refractivity contribution in [1.29, 1.82) is 0 Å². The van der Waals surface area contributed by atoms with E-state index in [4.69, 9.17) is 14.6 Å². The largest absolute Gasteiger partial charge is 0.394 e. The van der Waals surface area contributed by atoms with E-state index in [0.29, 0.717) is 0 Å². The summed E-state index contributed by atoms with van der Waals surface area (Å²) in [6.07, 6.45) is -6.09. The zero-order valence-electron chi connectivity index (χ0n) is 8.93. The Balaban J connectivity index is 2.56. The van der Waals surface area contributed by atoms with Crippen LogP contribution in [0.3, 0.4) is 0 Å². The third kappa shape index (κ3) is 3.30. The van der Waals surface area contributed by atoms with Gasteiger partial charge in [0, 0.05) is 5.25 Å². The summed E-state index contributed by atoms with van der Waals surface area (Å²) in [5.74, 6) is 0. The maximum Gasteiger partial charge on any atom is 0.186 e. The number of hydrogen-bond donors (Lipinski definition) is 5. The van der Waals surface area contributed by atoms with E-state index in [1.165, 1.54) is 0 Å². The smallest absolute Gasteiger partial charge is 0.186 e. The molecule has 1 saturated heterocycles. The van der Waals surface area contributed by atoms with Crippen molar-refractivity contribution in [1.82, 2.24) is 0 Å². The van der Waals surface area contributed by atoms with Crippen molar-refractivity contribution in [2.45, 2.75) is 42.9 Å². The highest BCUT2D eigenvalue weighted by molar-refractivity contribution is 7.80. The summed E-state index contributed by atoms with van der Waals surface area (Å²) in [6, 6.07) is 0. The van der Waals surface area contributed by atoms with E-state index in [1.807, 2.05) is 0 Å². The average Bonchev–Trinajstić information content (AvgIpc) is 2.25. The fourth-order valence-corrected chi connectivity index (χ4v) is 1.53. The Bertz CT molecular complexity index is 212. The lowest BCUT2D eigenvalue weighted by Crippen LogP contribution is -2.59. The molecule has 0 aliphatic carbocycles. The number of thiol groups is 1. The van der Waals surface area contributed by atoms with Crippen LogP contribution in [-0.4, -0.2) is 69.6 Å². The van der Waals surface area contributed by atoms with E-state index in [2.05, 4.69) is 12.6 Å². The zero-order chi connectivity index (χ0) is 12.3. The van der Waals surface area contributed by atoms with Crippen molar-refractivity contribution < 1.29 is 29.9 Å². The van der Waals surface area contributed by atoms with Gasteiger partial charge in [-0.1, -0.05) is 6.92 Å². The van der Waals surface area contributed by atoms with Gasteiger partial charge in [0.2, 0.25) is 0 Å². The molecule has 1 aliphatic heterocycles. The maximum atomic E-state index is 9.57. The van der Waals surface area contributed by atoms with Crippen molar-refractivity contribution in [3.8, 4) is 0 Å². The molecular weight excluding hydrogens is 236 g/mol. The van der Waals surface area contributed by atoms with Crippen LogP contribution in [0.4, 0.5) is 0 Å². The van der Waals surface area contributed by atoms with Crippen LogP contribution in [0.1, 0.15) is 6.92 Å². The standard InChI is InChI=1S/C9H18O6S/c1-4(16)3-14-9-8(13)7(12)6(11)5(2-10)15-9/h4-13,16H,2-3H2,1H3/t4-,5+,6-,7-,8+,9+/m0/s1. The predicted octanol–water partition coefficient (Wildman–Crippen LogP) is -1.88. The lowest BCUT2D eigenvalue weighted by atomic mass is 9.99. The van der Waals surface area contributed by atoms with E-state index in [0.717, 1.165) is 0 Å². The van der Waals surface area contributed by atoms with Gasteiger partial charge in [0.25, 0.3) is 0 Å². The highest BCUT2D eigenvalue weighted by Crippen LogP contribution is 2.22. The third-order valence-electron chi connectivity index (χ3n) is 2.35. The molecule has 7 heteroatoms. The molecule has 0 aromatic rings. The first-order valence-electron chi connectivity index (χ1n) is 5.07. The van der Waals surface area contributed by atoms with Crippen LogP contribution in [0, 0.1) is 0 Å². The van der Waals surface area contributed by atoms with Crippen LogP contribution in [0.15, 0.2) is 0 Å². The van der Waals surface area contributed by atoms with Crippen molar-refractivity contribution in [2.75, 3.05) is 13.2 Å². The van der Waals surface area contributed by atoms with Gasteiger partial charge < -0.3 is 29.9 Å². The van der Waals surface area contributed by atoms with Crippen molar-refractivity contribution in [2.24, 2.45) is 0 Å². The van der Waals surface area contributed by atoms with Crippen LogP contribution in [0.5, 0.6) is 0 Å². The topological polar surface area (TPSA) is 99.4 Å². The summed E-state index contributed by atoms with van der Waals surface area (Å²) in [6.45, 7) is 1.57. The van der Waals surface area contributed by atoms with Gasteiger partial charge in [-0.2, -0.15) is 12.6 Å². The van der Waals surface area contributed by atoms with Gasteiger partial charge in [0.15, 0.2) is 6.29 Å². The van der Waals surface area contributed by atoms with E-state index in [9.17, 15) is 15.3 Å². The summed E-state index contributed by atoms with van der Waals surface area (Å²) in [4.78, 5) is 0. The zero-order valence-corrected chi connectivity index (χ0v) is 9.83. The normalized spacial score (nSPS) is 42.0. The molecule has 0 aromatic heterocycles. The molecule has 1 aliphatic rings. The van der Waals surface area contributed by atoms with Crippen LogP contribution >= 0.6 is 12.6 Å². The van der Waals surface area contributed by atoms with Crippen LogP contribution in [-0.2, 0) is 9.47 Å². The number of hydrogen-bond acceptors (Lipinski definition) is 7. The van der Waals surface area contributed by atoms with E-state index < -0.39 is 37.3 Å². The van der Waals surface area contributed by atoms with Crippen molar-refractivity contribution >= 4 is 12.6 Å². The molecule has 0 radical (unpaired) electrons. The Hall–Kier alpha value is 0.110. The van der Waals surface area contributed by atoms with E-state index in [1.54, 1.807) is 6.92 Å². The molecule has 0 aromatic carbocycles. The molecule has 1 fully saturated rings. The molecule has 0 spiro atoms. The van der Waals surface area contributed by atoms with Crippen molar-refractivity contribution in [3.05, 3.63) is 0 Å². The first kappa shape index (κ1) is 14.2. The second kappa shape index (κ2) is 6.15. The van der Waals surface area contributed by atoms with Crippen LogP contribution in [0.2, 0.25) is 0 Å². The molecule has 0 amide bonds. The number of ether oxygens (including phenoxy) is 2. The Kier molecular flexibility index (Phi) is 5.45. The van der Waals surface area contributed by atoms with Gasteiger partial charge in [0.05, 0.1) is 13.2 Å². The Morgan fingerprint density at radius 3 is 2.38 bits per heavy atom. The fourth-order valence-electron chi connectivity index (χ4n) is 1.44. The number of rotatable bonds is 4. The molecule has 6 atom stereocenters. The molecule has 6 nitrogen and oxygen atoms in total. The SMILES string of the molecule is C[C@H](S)CO[C@@H]1O[C@H](CO)[C@H](O)[C@H](O)[C@H]1O. The second-order valence-electron chi connectivity index (χ2n) is 3.88. The predicted molar refractivity (Wildman–Crippen MR) is 58.2 cm³/mol. The van der Waals surface area contributed by atoms with Crippen LogP contribution < -0.4 is 0 Å². The highest BCUT2D eigenvalue weighted by Gasteiger charge is 2.43. The molecule has 16 heavy (non-hydrogen) atoms. The molecule has 0 unspecified atom stereocenters. The second-order valence-corrected chi connectivity index (χ2v) is 4.76. The van der Waals surface area contributed by atoms with E-state index in [-0.39, 0.29) is 11.9 Å². The highest BCUT2D eigenvalue weighted by atomic mass is 32.1. The van der Waals surface area contributed by atoms with Gasteiger partial charge in [-0.3, -0.25) is 0 Å². The molecule has 96 valence electrons. The summed E-state index contributed by atoms with van der Waals surface area (Å²) >= 11 is 4.09. The third-order valence-corrected chi connectivity index (χ3v) is 2.50. The van der Waals surface area contributed by atoms with Gasteiger partial charge in [-0.25, -0.2) is 0 Å². The maximum absolute atomic E-state index is 9.57. The summed E-state index contributed by atoms with van der Waals surface area (Å²) in [7, 11) is 0. The molecule has 0 bridgehead atoms. The Morgan fingerprint density at radius 1 is 1.25 bits per heavy atom. The molecule has 1 rings (SSSR count). The lowest BCUT2D eigenvalue weighted by molar-refractivity contribution is -0.300. The minimum absolute atomic E-state index is 0.0487. The first-order valence-corrected chi connectivity index (χ1v) is 5.59. The quantitative estimate of drug-likeness (QED) is 0.377. The minimum atomic E-state index is -1.40. The minimum Gasteiger partial charge on any atom is -0.394 e. The first-order chi connectivity index (χ1) is 7.47. The summed E-state index contributed by atoms with van der Waals surface area (Å²) in [5.41, 5.74) is 0. The average molecular weight is 254 g/mol. The number of aliphatic hydroxyl groups is 4. The van der Waals surface area contributed by atoms with Crippen LogP contribution in [0.25, 0.3) is 0 Å². The van der Waals surface area contributed by atoms with Crippen molar-refractivity contribution in [3.63, 3.8) is 0 Å². The fraction of sp³-hybridized carbons (Fsp3) is 1.00. The molecular formula is C9H18O6S. The Morgan fingerprint density at radius 2 is 1.88 bits per heavy atom.